The largest absolute Gasteiger partial charge is 0.290 e. The molecule has 0 rings (SSSR count). The van der Waals surface area contributed by atoms with Crippen molar-refractivity contribution in [3.8, 4) is 11.3 Å². The van der Waals surface area contributed by atoms with E-state index in [0.29, 0.717) is 0 Å². The summed E-state index contributed by atoms with van der Waals surface area (Å²) in [6, 6.07) is 0. The van der Waals surface area contributed by atoms with Gasteiger partial charge in [0.2, 0.25) is 6.29 Å². The van der Waals surface area contributed by atoms with Crippen LogP contribution < -0.4 is 0 Å². The summed E-state index contributed by atoms with van der Waals surface area (Å²) in [4.78, 5) is 9.28. The second-order valence-electron chi connectivity index (χ2n) is 0.592. The van der Waals surface area contributed by atoms with Gasteiger partial charge in [-0.1, -0.05) is 5.92 Å². The number of carbonyl (C=O) groups excluding carboxylic acids is 1. The average molecular weight is 102 g/mol. The maximum absolute atomic E-state index is 9.28. The lowest BCUT2D eigenvalue weighted by atomic mass is 10.5. The fourth-order valence-electron chi connectivity index (χ4n) is 0.0695. The molecule has 1 nitrogen and oxygen atoms in total. The van der Waals surface area contributed by atoms with Gasteiger partial charge in [0.15, 0.2) is 0 Å². The Kier molecular flexibility index (Phi) is 4.16. The van der Waals surface area contributed by atoms with E-state index in [9.17, 15) is 4.79 Å². The predicted octanol–water partition coefficient (Wildman–Crippen LogP) is 0.686. The summed E-state index contributed by atoms with van der Waals surface area (Å²) in [5.41, 5.74) is 0. The van der Waals surface area contributed by atoms with Crippen molar-refractivity contribution < 1.29 is 4.79 Å². The van der Waals surface area contributed by atoms with Crippen LogP contribution in [-0.4, -0.2) is 6.29 Å². The van der Waals surface area contributed by atoms with Crippen LogP contribution in [0.15, 0.2) is 0 Å². The van der Waals surface area contributed by atoms with E-state index in [1.54, 1.807) is 6.29 Å². The normalized spacial score (nSPS) is 5.50. The highest BCUT2D eigenvalue weighted by Gasteiger charge is 1.65. The summed E-state index contributed by atoms with van der Waals surface area (Å²) in [6.45, 7) is 0. The Morgan fingerprint density at radius 1 is 1.67 bits per heavy atom. The minimum absolute atomic E-state index is 0.115. The first-order valence-electron chi connectivity index (χ1n) is 1.35. The molecule has 2 heteroatoms. The van der Waals surface area contributed by atoms with Crippen molar-refractivity contribution in [2.24, 2.45) is 0 Å². The van der Waals surface area contributed by atoms with Crippen LogP contribution in [0.4, 0.5) is 0 Å². The van der Waals surface area contributed by atoms with Gasteiger partial charge in [0.25, 0.3) is 0 Å². The highest BCUT2D eigenvalue weighted by atomic mass is 35.5. The summed E-state index contributed by atoms with van der Waals surface area (Å²) in [7, 11) is 0. The molecule has 31 valence electrons. The zero-order valence-corrected chi connectivity index (χ0v) is 3.75. The van der Waals surface area contributed by atoms with Gasteiger partial charge in [0.05, 0.1) is 6.42 Å². The van der Waals surface area contributed by atoms with Crippen LogP contribution in [0.5, 0.6) is 0 Å². The molecule has 0 heterocycles. The quantitative estimate of drug-likeness (QED) is 0.444. The van der Waals surface area contributed by atoms with Gasteiger partial charge in [0, 0.05) is 5.38 Å². The molecule has 1 radical (unpaired) electrons. The first kappa shape index (κ1) is 5.52. The Morgan fingerprint density at radius 2 is 2.33 bits per heavy atom. The maximum Gasteiger partial charge on any atom is 0.211 e. The first-order chi connectivity index (χ1) is 2.91. The minimum Gasteiger partial charge on any atom is -0.290 e. The summed E-state index contributed by atoms with van der Waals surface area (Å²) in [5.74, 6) is 2.29. The molecule has 0 fully saturated rings. The summed E-state index contributed by atoms with van der Waals surface area (Å²) < 4.78 is 0. The molecule has 0 saturated heterocycles. The van der Waals surface area contributed by atoms with Crippen molar-refractivity contribution in [3.63, 3.8) is 0 Å². The van der Waals surface area contributed by atoms with Crippen LogP contribution in [0.25, 0.3) is 0 Å². The van der Waals surface area contributed by atoms with E-state index in [1.807, 2.05) is 5.38 Å². The zero-order chi connectivity index (χ0) is 4.83. The fraction of sp³-hybridized carbons (Fsp3) is 0.250. The fourth-order valence-corrected chi connectivity index (χ4v) is 0.136. The van der Waals surface area contributed by atoms with E-state index in [0.717, 1.165) is 0 Å². The van der Waals surface area contributed by atoms with Gasteiger partial charge in [-0.25, -0.2) is 0 Å². The molecule has 0 saturated carbocycles. The second kappa shape index (κ2) is 4.52. The Labute approximate surface area is 41.3 Å². The Balaban J connectivity index is 3.00. The minimum atomic E-state index is 0.115. The summed E-state index contributed by atoms with van der Waals surface area (Å²) in [5, 5.41) is 2.03. The molecule has 0 amide bonds. The van der Waals surface area contributed by atoms with Crippen LogP contribution in [0, 0.1) is 11.3 Å². The molecule has 6 heavy (non-hydrogen) atoms. The Hall–Kier alpha value is -0.480. The smallest absolute Gasteiger partial charge is 0.211 e. The second-order valence-corrected chi connectivity index (χ2v) is 0.781. The third-order valence-electron chi connectivity index (χ3n) is 0.227. The van der Waals surface area contributed by atoms with E-state index in [4.69, 9.17) is 11.6 Å². The SMILES string of the molecule is O=[C]CC#CCl. The number of halogens is 1. The molecule has 0 aliphatic heterocycles. The predicted molar refractivity (Wildman–Crippen MR) is 23.9 cm³/mol. The van der Waals surface area contributed by atoms with E-state index < -0.39 is 0 Å². The van der Waals surface area contributed by atoms with Gasteiger partial charge < -0.3 is 0 Å². The molecule has 0 aromatic carbocycles. The van der Waals surface area contributed by atoms with Crippen LogP contribution in [0.1, 0.15) is 6.42 Å². The number of hydrogen-bond acceptors (Lipinski definition) is 1. The lowest BCUT2D eigenvalue weighted by molar-refractivity contribution is 0.556. The molecule has 0 aliphatic carbocycles. The van der Waals surface area contributed by atoms with Gasteiger partial charge in [0.1, 0.15) is 0 Å². The van der Waals surface area contributed by atoms with Crippen LogP contribution >= 0.6 is 11.6 Å². The van der Waals surface area contributed by atoms with Crippen molar-refractivity contribution in [1.82, 2.24) is 0 Å². The lowest BCUT2D eigenvalue weighted by Gasteiger charge is -1.55. The van der Waals surface area contributed by atoms with E-state index in [2.05, 4.69) is 5.92 Å². The molecule has 0 aromatic rings. The Morgan fingerprint density at radius 3 is 2.50 bits per heavy atom. The van der Waals surface area contributed by atoms with Gasteiger partial charge in [-0.05, 0) is 11.6 Å². The maximum atomic E-state index is 9.28. The third kappa shape index (κ3) is 3.52. The molecule has 0 bridgehead atoms. The molecule has 0 atom stereocenters. The first-order valence-corrected chi connectivity index (χ1v) is 1.73. The van der Waals surface area contributed by atoms with Gasteiger partial charge in [-0.3, -0.25) is 4.79 Å². The molecule has 0 unspecified atom stereocenters. The molecular weight excluding hydrogens is 99.5 g/mol. The molecule has 0 N–H and O–H groups in total. The third-order valence-corrected chi connectivity index (χ3v) is 0.361. The van der Waals surface area contributed by atoms with Crippen molar-refractivity contribution >= 4 is 17.9 Å². The zero-order valence-electron chi connectivity index (χ0n) is 2.99. The number of hydrogen-bond donors (Lipinski definition) is 0. The monoisotopic (exact) mass is 101 g/mol. The molecule has 0 aromatic heterocycles. The van der Waals surface area contributed by atoms with Crippen LogP contribution in [0.2, 0.25) is 0 Å². The van der Waals surface area contributed by atoms with E-state index in [-0.39, 0.29) is 6.42 Å². The molecular formula is C4H2ClO. The van der Waals surface area contributed by atoms with Crippen LogP contribution in [0.3, 0.4) is 0 Å². The Bertz CT molecular complexity index is 87.5. The van der Waals surface area contributed by atoms with Crippen molar-refractivity contribution in [2.45, 2.75) is 6.42 Å². The van der Waals surface area contributed by atoms with Crippen LogP contribution in [-0.2, 0) is 4.79 Å². The van der Waals surface area contributed by atoms with Crippen molar-refractivity contribution in [2.75, 3.05) is 0 Å². The van der Waals surface area contributed by atoms with E-state index >= 15 is 0 Å². The highest BCUT2D eigenvalue weighted by molar-refractivity contribution is 6.30. The molecule has 0 spiro atoms. The standard InChI is InChI=1S/C4H2ClO/c5-3-1-2-4-6/h2H2. The van der Waals surface area contributed by atoms with Gasteiger partial charge in [-0.2, -0.15) is 0 Å². The van der Waals surface area contributed by atoms with Gasteiger partial charge in [-0.15, -0.1) is 0 Å². The summed E-state index contributed by atoms with van der Waals surface area (Å²) in [6.07, 6.45) is 1.68. The highest BCUT2D eigenvalue weighted by Crippen LogP contribution is 1.66. The van der Waals surface area contributed by atoms with Crippen molar-refractivity contribution in [1.29, 1.82) is 0 Å². The average Bonchev–Trinajstić information content (AvgIpc) is 1.61. The van der Waals surface area contributed by atoms with E-state index in [1.165, 1.54) is 0 Å². The topological polar surface area (TPSA) is 17.1 Å². The van der Waals surface area contributed by atoms with Gasteiger partial charge >= 0.3 is 0 Å². The number of rotatable bonds is 1. The molecule has 0 aliphatic rings. The van der Waals surface area contributed by atoms with Crippen molar-refractivity contribution in [3.05, 3.63) is 0 Å². The summed E-state index contributed by atoms with van der Waals surface area (Å²) >= 11 is 4.84. The lowest BCUT2D eigenvalue weighted by Crippen LogP contribution is -1.61.